The largest absolute Gasteiger partial charge is 0.465 e. The van der Waals surface area contributed by atoms with Crippen LogP contribution in [-0.4, -0.2) is 47.4 Å². The van der Waals surface area contributed by atoms with Gasteiger partial charge in [-0.2, -0.15) is 0 Å². The summed E-state index contributed by atoms with van der Waals surface area (Å²) in [6, 6.07) is 5.64. The van der Waals surface area contributed by atoms with Gasteiger partial charge in [-0.25, -0.2) is 14.0 Å². The molecule has 6 nitrogen and oxygen atoms in total. The highest BCUT2D eigenvalue weighted by Gasteiger charge is 2.48. The molecule has 1 aromatic carbocycles. The number of piperidine rings is 1. The van der Waals surface area contributed by atoms with Gasteiger partial charge in [-0.05, 0) is 24.3 Å². The lowest BCUT2D eigenvalue weighted by molar-refractivity contribution is 0.00453. The van der Waals surface area contributed by atoms with E-state index in [9.17, 15) is 14.0 Å². The maximum Gasteiger partial charge on any atom is 0.415 e. The Morgan fingerprint density at radius 3 is 2.43 bits per heavy atom. The van der Waals surface area contributed by atoms with Crippen LogP contribution in [0.3, 0.4) is 0 Å². The lowest BCUT2D eigenvalue weighted by atomic mass is 9.91. The van der Waals surface area contributed by atoms with E-state index in [0.29, 0.717) is 38.2 Å². The summed E-state index contributed by atoms with van der Waals surface area (Å²) >= 11 is 0. The molecule has 1 N–H and O–H groups in total. The average Bonchev–Trinajstić information content (AvgIpc) is 2.77. The number of hydrogen-bond donors (Lipinski definition) is 1. The van der Waals surface area contributed by atoms with Crippen LogP contribution >= 0.6 is 0 Å². The first-order chi connectivity index (χ1) is 9.99. The number of rotatable bonds is 1. The number of halogens is 1. The van der Waals surface area contributed by atoms with E-state index in [1.165, 1.54) is 34.1 Å². The fourth-order valence-corrected chi connectivity index (χ4v) is 2.81. The fourth-order valence-electron chi connectivity index (χ4n) is 2.81. The molecule has 21 heavy (non-hydrogen) atoms. The van der Waals surface area contributed by atoms with Crippen LogP contribution in [0.4, 0.5) is 19.7 Å². The lowest BCUT2D eigenvalue weighted by Gasteiger charge is -2.35. The normalized spacial score (nSPS) is 20.7. The van der Waals surface area contributed by atoms with Crippen molar-refractivity contribution in [1.82, 2.24) is 4.90 Å². The van der Waals surface area contributed by atoms with Crippen molar-refractivity contribution >= 4 is 17.9 Å². The molecule has 2 aliphatic rings. The maximum atomic E-state index is 12.9. The van der Waals surface area contributed by atoms with Gasteiger partial charge in [0.1, 0.15) is 11.4 Å². The number of likely N-dealkylation sites (tertiary alicyclic amines) is 1. The highest BCUT2D eigenvalue weighted by molar-refractivity contribution is 5.90. The van der Waals surface area contributed by atoms with Crippen molar-refractivity contribution in [3.63, 3.8) is 0 Å². The highest BCUT2D eigenvalue weighted by atomic mass is 19.1. The van der Waals surface area contributed by atoms with Gasteiger partial charge < -0.3 is 14.7 Å². The Bertz CT molecular complexity index is 567. The molecule has 0 bridgehead atoms. The number of ether oxygens (including phenoxy) is 1. The second-order valence-corrected chi connectivity index (χ2v) is 5.38. The predicted molar refractivity (Wildman–Crippen MR) is 71.8 cm³/mol. The number of carbonyl (C=O) groups excluding carboxylic acids is 1. The Morgan fingerprint density at radius 2 is 1.86 bits per heavy atom. The Labute approximate surface area is 120 Å². The first kappa shape index (κ1) is 13.7. The van der Waals surface area contributed by atoms with Gasteiger partial charge in [-0.1, -0.05) is 0 Å². The van der Waals surface area contributed by atoms with E-state index in [0.717, 1.165) is 0 Å². The van der Waals surface area contributed by atoms with E-state index in [1.807, 2.05) is 0 Å². The molecule has 0 saturated carbocycles. The average molecular weight is 294 g/mol. The van der Waals surface area contributed by atoms with E-state index in [2.05, 4.69) is 0 Å². The number of benzene rings is 1. The summed E-state index contributed by atoms with van der Waals surface area (Å²) in [5.74, 6) is -0.365. The predicted octanol–water partition coefficient (Wildman–Crippen LogP) is 2.29. The number of nitrogens with zero attached hydrogens (tertiary/aromatic N) is 2. The summed E-state index contributed by atoms with van der Waals surface area (Å²) < 4.78 is 18.4. The van der Waals surface area contributed by atoms with Crippen molar-refractivity contribution in [2.75, 3.05) is 24.5 Å². The molecule has 0 radical (unpaired) electrons. The van der Waals surface area contributed by atoms with Gasteiger partial charge in [0.05, 0.1) is 6.54 Å². The molecule has 0 aliphatic carbocycles. The first-order valence-corrected chi connectivity index (χ1v) is 6.73. The molecule has 2 fully saturated rings. The molecular formula is C14H15FN2O4. The SMILES string of the molecule is O=C(O)N1CCC2(CC1)CN(c1ccc(F)cc1)C(=O)O2. The van der Waals surface area contributed by atoms with Crippen LogP contribution in [0.5, 0.6) is 0 Å². The topological polar surface area (TPSA) is 70.1 Å². The van der Waals surface area contributed by atoms with Gasteiger partial charge in [0.15, 0.2) is 0 Å². The zero-order valence-corrected chi connectivity index (χ0v) is 11.3. The van der Waals surface area contributed by atoms with Crippen molar-refractivity contribution in [3.8, 4) is 0 Å². The van der Waals surface area contributed by atoms with Crippen LogP contribution < -0.4 is 4.90 Å². The molecular weight excluding hydrogens is 279 g/mol. The third kappa shape index (κ3) is 2.51. The third-order valence-corrected chi connectivity index (χ3v) is 4.05. The zero-order valence-electron chi connectivity index (χ0n) is 11.3. The van der Waals surface area contributed by atoms with Crippen LogP contribution in [0, 0.1) is 5.82 Å². The molecule has 0 atom stereocenters. The Morgan fingerprint density at radius 1 is 1.24 bits per heavy atom. The molecule has 2 saturated heterocycles. The Hall–Kier alpha value is -2.31. The van der Waals surface area contributed by atoms with Crippen molar-refractivity contribution in [2.45, 2.75) is 18.4 Å². The van der Waals surface area contributed by atoms with Gasteiger partial charge in [0.25, 0.3) is 0 Å². The Kier molecular flexibility index (Phi) is 3.19. The van der Waals surface area contributed by atoms with E-state index >= 15 is 0 Å². The zero-order chi connectivity index (χ0) is 15.0. The number of amides is 2. The van der Waals surface area contributed by atoms with Gasteiger partial charge >= 0.3 is 12.2 Å². The van der Waals surface area contributed by atoms with Crippen molar-refractivity contribution in [2.24, 2.45) is 0 Å². The van der Waals surface area contributed by atoms with Crippen LogP contribution in [-0.2, 0) is 4.74 Å². The highest BCUT2D eigenvalue weighted by Crippen LogP contribution is 2.35. The number of hydrogen-bond acceptors (Lipinski definition) is 3. The molecule has 0 aromatic heterocycles. The van der Waals surface area contributed by atoms with Gasteiger partial charge in [0.2, 0.25) is 0 Å². The van der Waals surface area contributed by atoms with Gasteiger partial charge in [-0.15, -0.1) is 0 Å². The molecule has 112 valence electrons. The summed E-state index contributed by atoms with van der Waals surface area (Å²) in [6.07, 6.45) is -0.471. The van der Waals surface area contributed by atoms with Crippen LogP contribution in [0.2, 0.25) is 0 Å². The smallest absolute Gasteiger partial charge is 0.415 e. The molecule has 2 amide bonds. The van der Waals surface area contributed by atoms with Gasteiger partial charge in [-0.3, -0.25) is 4.90 Å². The minimum absolute atomic E-state index is 0.347. The first-order valence-electron chi connectivity index (χ1n) is 6.73. The second kappa shape index (κ2) is 4.91. The molecule has 2 aliphatic heterocycles. The Balaban J connectivity index is 1.73. The summed E-state index contributed by atoms with van der Waals surface area (Å²) in [6.45, 7) is 1.06. The fraction of sp³-hybridized carbons (Fsp3) is 0.429. The van der Waals surface area contributed by atoms with Crippen LogP contribution in [0.25, 0.3) is 0 Å². The molecule has 1 aromatic rings. The summed E-state index contributed by atoms with van der Waals surface area (Å²) in [5.41, 5.74) is -0.0591. The number of carboxylic acid groups (broad SMARTS) is 1. The minimum atomic E-state index is -0.954. The molecule has 2 heterocycles. The number of anilines is 1. The van der Waals surface area contributed by atoms with Crippen molar-refractivity contribution in [1.29, 1.82) is 0 Å². The summed E-state index contributed by atoms with van der Waals surface area (Å²) in [5, 5.41) is 8.95. The van der Waals surface area contributed by atoms with Crippen LogP contribution in [0.1, 0.15) is 12.8 Å². The lowest BCUT2D eigenvalue weighted by Crippen LogP contribution is -2.48. The molecule has 7 heteroatoms. The summed E-state index contributed by atoms with van der Waals surface area (Å²) in [4.78, 5) is 25.7. The minimum Gasteiger partial charge on any atom is -0.465 e. The molecule has 1 spiro atoms. The molecule has 3 rings (SSSR count). The van der Waals surface area contributed by atoms with E-state index in [4.69, 9.17) is 9.84 Å². The van der Waals surface area contributed by atoms with E-state index < -0.39 is 17.8 Å². The van der Waals surface area contributed by atoms with Crippen LogP contribution in [0.15, 0.2) is 24.3 Å². The van der Waals surface area contributed by atoms with E-state index in [-0.39, 0.29) is 5.82 Å². The second-order valence-electron chi connectivity index (χ2n) is 5.38. The number of carbonyl (C=O) groups is 2. The van der Waals surface area contributed by atoms with Gasteiger partial charge in [0, 0.05) is 31.6 Å². The third-order valence-electron chi connectivity index (χ3n) is 4.05. The quantitative estimate of drug-likeness (QED) is 0.862. The van der Waals surface area contributed by atoms with Crippen molar-refractivity contribution < 1.29 is 23.8 Å². The van der Waals surface area contributed by atoms with Crippen molar-refractivity contribution in [3.05, 3.63) is 30.1 Å². The maximum absolute atomic E-state index is 12.9. The summed E-state index contributed by atoms with van der Waals surface area (Å²) in [7, 11) is 0. The standard InChI is InChI=1S/C14H15FN2O4/c15-10-1-3-11(4-2-10)17-9-14(21-13(17)20)5-7-16(8-6-14)12(18)19/h1-4H,5-9H2,(H,18,19). The van der Waals surface area contributed by atoms with E-state index in [1.54, 1.807) is 0 Å². The monoisotopic (exact) mass is 294 g/mol. The molecule has 0 unspecified atom stereocenters.